The molecule has 2 nitrogen and oxygen atoms in total. The molecule has 0 saturated carbocycles. The van der Waals surface area contributed by atoms with Crippen LogP contribution in [-0.4, -0.2) is 0 Å². The zero-order valence-corrected chi connectivity index (χ0v) is 31.0. The summed E-state index contributed by atoms with van der Waals surface area (Å²) in [4.78, 5) is 2.34. The summed E-state index contributed by atoms with van der Waals surface area (Å²) in [7, 11) is 0. The second-order valence-electron chi connectivity index (χ2n) is 14.4. The molecule has 8 aromatic carbocycles. The van der Waals surface area contributed by atoms with Gasteiger partial charge in [0, 0.05) is 33.6 Å². The van der Waals surface area contributed by atoms with Crippen LogP contribution in [0.1, 0.15) is 23.3 Å². The lowest BCUT2D eigenvalue weighted by Gasteiger charge is -2.26. The summed E-state index contributed by atoms with van der Waals surface area (Å²) in [6.45, 7) is 0. The highest BCUT2D eigenvalue weighted by molar-refractivity contribution is 5.92. The first-order chi connectivity index (χ1) is 27.7. The van der Waals surface area contributed by atoms with E-state index in [-0.39, 0.29) is 0 Å². The van der Waals surface area contributed by atoms with Gasteiger partial charge in [0.1, 0.15) is 11.3 Å². The van der Waals surface area contributed by atoms with Gasteiger partial charge in [-0.15, -0.1) is 0 Å². The number of furan rings is 1. The first-order valence-electron chi connectivity index (χ1n) is 19.4. The molecule has 1 aliphatic rings. The Morgan fingerprint density at radius 1 is 0.339 bits per heavy atom. The van der Waals surface area contributed by atoms with Crippen LogP contribution in [0.4, 0.5) is 17.1 Å². The molecule has 0 saturated heterocycles. The number of aryl methyl sites for hydroxylation is 1. The maximum atomic E-state index is 6.45. The van der Waals surface area contributed by atoms with Gasteiger partial charge in [0.25, 0.3) is 0 Å². The average molecular weight is 718 g/mol. The van der Waals surface area contributed by atoms with Crippen molar-refractivity contribution in [2.75, 3.05) is 4.90 Å². The maximum absolute atomic E-state index is 6.45. The van der Waals surface area contributed by atoms with Crippen LogP contribution in [0.3, 0.4) is 0 Å². The molecule has 266 valence electrons. The monoisotopic (exact) mass is 717 g/mol. The first kappa shape index (κ1) is 33.4. The van der Waals surface area contributed by atoms with Crippen LogP contribution in [-0.2, 0) is 6.42 Å². The fraction of sp³-hybridized carbons (Fsp3) is 0.0370. The Bertz CT molecular complexity index is 2650. The average Bonchev–Trinajstić information content (AvgIpc) is 3.67. The van der Waals surface area contributed by atoms with E-state index in [0.717, 1.165) is 46.8 Å². The van der Waals surface area contributed by atoms with Crippen LogP contribution in [0.15, 0.2) is 217 Å². The zero-order valence-electron chi connectivity index (χ0n) is 31.0. The van der Waals surface area contributed by atoms with Gasteiger partial charge in [-0.25, -0.2) is 0 Å². The molecular weight excluding hydrogens is 679 g/mol. The van der Waals surface area contributed by atoms with Crippen molar-refractivity contribution in [1.82, 2.24) is 0 Å². The smallest absolute Gasteiger partial charge is 0.138 e. The third kappa shape index (κ3) is 6.42. The van der Waals surface area contributed by atoms with Crippen molar-refractivity contribution >= 4 is 33.6 Å². The molecule has 0 spiro atoms. The Balaban J connectivity index is 0.977. The predicted molar refractivity (Wildman–Crippen MR) is 234 cm³/mol. The van der Waals surface area contributed by atoms with E-state index in [2.05, 4.69) is 211 Å². The quantitative estimate of drug-likeness (QED) is 0.156. The van der Waals surface area contributed by atoms with Gasteiger partial charge in [-0.3, -0.25) is 0 Å². The number of anilines is 3. The summed E-state index contributed by atoms with van der Waals surface area (Å²) >= 11 is 0. The third-order valence-electron chi connectivity index (χ3n) is 11.0. The fourth-order valence-electron chi connectivity index (χ4n) is 8.08. The van der Waals surface area contributed by atoms with Gasteiger partial charge in [0.15, 0.2) is 0 Å². The second kappa shape index (κ2) is 14.6. The Morgan fingerprint density at radius 3 is 1.14 bits per heavy atom. The Morgan fingerprint density at radius 2 is 0.696 bits per heavy atom. The number of allylic oxidation sites excluding steroid dienone is 1. The first-order valence-corrected chi connectivity index (χ1v) is 19.4. The van der Waals surface area contributed by atoms with E-state index in [0.29, 0.717) is 0 Å². The van der Waals surface area contributed by atoms with Crippen molar-refractivity contribution in [3.63, 3.8) is 0 Å². The lowest BCUT2D eigenvalue weighted by Crippen LogP contribution is -2.10. The molecule has 0 aliphatic heterocycles. The predicted octanol–water partition coefficient (Wildman–Crippen LogP) is 14.9. The number of fused-ring (bicyclic) bond motifs is 3. The van der Waals surface area contributed by atoms with Crippen molar-refractivity contribution in [3.05, 3.63) is 229 Å². The molecule has 1 aliphatic carbocycles. The van der Waals surface area contributed by atoms with Gasteiger partial charge in [0.2, 0.25) is 0 Å². The van der Waals surface area contributed by atoms with Gasteiger partial charge < -0.3 is 9.32 Å². The molecule has 0 unspecified atom stereocenters. The Kier molecular flexibility index (Phi) is 8.70. The van der Waals surface area contributed by atoms with Crippen molar-refractivity contribution in [2.45, 2.75) is 12.8 Å². The normalized spacial score (nSPS) is 12.2. The molecule has 0 atom stereocenters. The van der Waals surface area contributed by atoms with Crippen LogP contribution in [0, 0.1) is 0 Å². The number of hydrogen-bond acceptors (Lipinski definition) is 2. The molecular formula is C54H39NO. The van der Waals surface area contributed by atoms with Crippen LogP contribution in [0.2, 0.25) is 0 Å². The highest BCUT2D eigenvalue weighted by atomic mass is 16.3. The van der Waals surface area contributed by atoms with Crippen molar-refractivity contribution < 1.29 is 4.42 Å². The number of rotatable bonds is 8. The number of benzene rings is 8. The zero-order chi connectivity index (χ0) is 37.3. The summed E-state index contributed by atoms with van der Waals surface area (Å²) in [6, 6.07) is 73.9. The minimum atomic E-state index is 0.958. The highest BCUT2D eigenvalue weighted by Crippen LogP contribution is 2.41. The van der Waals surface area contributed by atoms with Gasteiger partial charge in [-0.1, -0.05) is 170 Å². The van der Waals surface area contributed by atoms with Crippen molar-refractivity contribution in [2.24, 2.45) is 0 Å². The van der Waals surface area contributed by atoms with Gasteiger partial charge in [0.05, 0.1) is 0 Å². The number of hydrogen-bond donors (Lipinski definition) is 0. The van der Waals surface area contributed by atoms with Crippen LogP contribution in [0.5, 0.6) is 0 Å². The molecule has 56 heavy (non-hydrogen) atoms. The molecule has 1 heterocycles. The standard InChI is InChI=1S/C54H39NO/c1-3-10-38(11-4-1)40-18-22-42(23-19-40)44-26-32-47(33-27-44)55(48-34-28-45(29-35-48)43-24-20-41(21-25-43)39-12-5-2-6-13-39)49-36-30-46(31-37-49)50-15-9-16-52-51-14-7-8-17-53(51)56-54(50)52/h1-8,10-15,17-37H,9,16H2. The third-order valence-corrected chi connectivity index (χ3v) is 11.0. The molecule has 0 bridgehead atoms. The van der Waals surface area contributed by atoms with Crippen LogP contribution in [0.25, 0.3) is 61.0 Å². The van der Waals surface area contributed by atoms with E-state index in [1.807, 2.05) is 6.07 Å². The molecule has 1 aromatic heterocycles. The SMILES string of the molecule is C1=C(c2ccc(N(c3ccc(-c4ccc(-c5ccccc5)cc4)cc3)c3ccc(-c4ccc(-c5ccccc5)cc4)cc3)cc2)c2oc3ccccc3c2CC1. The summed E-state index contributed by atoms with van der Waals surface area (Å²) in [5.74, 6) is 1.00. The summed E-state index contributed by atoms with van der Waals surface area (Å²) < 4.78 is 6.45. The van der Waals surface area contributed by atoms with E-state index in [1.54, 1.807) is 0 Å². The largest absolute Gasteiger partial charge is 0.456 e. The van der Waals surface area contributed by atoms with E-state index in [4.69, 9.17) is 4.42 Å². The van der Waals surface area contributed by atoms with E-state index >= 15 is 0 Å². The Hall–Kier alpha value is -7.16. The van der Waals surface area contributed by atoms with Crippen molar-refractivity contribution in [1.29, 1.82) is 0 Å². The molecule has 9 aromatic rings. The lowest BCUT2D eigenvalue weighted by atomic mass is 9.91. The topological polar surface area (TPSA) is 16.4 Å². The molecule has 2 heteroatoms. The molecule has 0 radical (unpaired) electrons. The fourth-order valence-corrected chi connectivity index (χ4v) is 8.08. The lowest BCUT2D eigenvalue weighted by molar-refractivity contribution is 0.591. The summed E-state index contributed by atoms with van der Waals surface area (Å²) in [5, 5.41) is 1.22. The minimum Gasteiger partial charge on any atom is -0.456 e. The van der Waals surface area contributed by atoms with Crippen LogP contribution < -0.4 is 4.90 Å². The molecule has 0 amide bonds. The van der Waals surface area contributed by atoms with Gasteiger partial charge in [-0.2, -0.15) is 0 Å². The molecule has 0 fully saturated rings. The van der Waals surface area contributed by atoms with Gasteiger partial charge in [-0.05, 0) is 105 Å². The van der Waals surface area contributed by atoms with E-state index < -0.39 is 0 Å². The maximum Gasteiger partial charge on any atom is 0.138 e. The highest BCUT2D eigenvalue weighted by Gasteiger charge is 2.22. The molecule has 10 rings (SSSR count). The summed E-state index contributed by atoms with van der Waals surface area (Å²) in [5.41, 5.74) is 17.5. The van der Waals surface area contributed by atoms with Crippen LogP contribution >= 0.6 is 0 Å². The Labute approximate surface area is 328 Å². The molecule has 0 N–H and O–H groups in total. The van der Waals surface area contributed by atoms with Crippen molar-refractivity contribution in [3.8, 4) is 44.5 Å². The van der Waals surface area contributed by atoms with Gasteiger partial charge >= 0.3 is 0 Å². The summed E-state index contributed by atoms with van der Waals surface area (Å²) in [6.07, 6.45) is 4.33. The number of nitrogens with zero attached hydrogens (tertiary/aromatic N) is 1. The number of para-hydroxylation sites is 1. The van der Waals surface area contributed by atoms with E-state index in [9.17, 15) is 0 Å². The van der Waals surface area contributed by atoms with E-state index in [1.165, 1.54) is 61.0 Å². The second-order valence-corrected chi connectivity index (χ2v) is 14.4. The minimum absolute atomic E-state index is 0.958.